The van der Waals surface area contributed by atoms with Crippen LogP contribution in [0.15, 0.2) is 36.9 Å². The molecule has 2 aromatic heterocycles. The molecule has 2 aromatic rings. The van der Waals surface area contributed by atoms with E-state index in [-0.39, 0.29) is 5.91 Å². The summed E-state index contributed by atoms with van der Waals surface area (Å²) >= 11 is 0. The number of nitrogens with one attached hydrogen (secondary N) is 1. The van der Waals surface area contributed by atoms with Gasteiger partial charge in [0.25, 0.3) is 0 Å². The Morgan fingerprint density at radius 2 is 1.86 bits per heavy atom. The molecule has 1 N–H and O–H groups in total. The minimum absolute atomic E-state index is 0.0839. The van der Waals surface area contributed by atoms with E-state index in [9.17, 15) is 4.79 Å². The molecule has 0 atom stereocenters. The molecule has 3 rings (SSSR count). The first-order chi connectivity index (χ1) is 10.7. The van der Waals surface area contributed by atoms with E-state index in [1.807, 2.05) is 29.1 Å². The Bertz CT molecular complexity index is 600. The number of hydrogen-bond donors (Lipinski definition) is 1. The quantitative estimate of drug-likeness (QED) is 0.939. The predicted molar refractivity (Wildman–Crippen MR) is 85.7 cm³/mol. The second-order valence-corrected chi connectivity index (χ2v) is 5.84. The number of carbonyl (C=O) groups is 1. The fourth-order valence-electron chi connectivity index (χ4n) is 2.60. The molecule has 0 bridgehead atoms. The molecule has 1 amide bonds. The fraction of sp³-hybridized carbons (Fsp3) is 0.438. The van der Waals surface area contributed by atoms with Gasteiger partial charge in [0.1, 0.15) is 6.54 Å². The summed E-state index contributed by atoms with van der Waals surface area (Å²) in [5, 5.41) is 2.81. The van der Waals surface area contributed by atoms with Crippen LogP contribution in [0.5, 0.6) is 0 Å². The second kappa shape index (κ2) is 6.60. The summed E-state index contributed by atoms with van der Waals surface area (Å²) in [6, 6.07) is 3.79. The van der Waals surface area contributed by atoms with Crippen molar-refractivity contribution in [2.75, 3.05) is 23.3 Å². The lowest BCUT2D eigenvalue weighted by atomic mass is 10.00. The molecular weight excluding hydrogens is 278 g/mol. The molecule has 116 valence electrons. The smallest absolute Gasteiger partial charge is 0.244 e. The molecule has 0 aliphatic carbocycles. The van der Waals surface area contributed by atoms with Crippen LogP contribution in [0.2, 0.25) is 0 Å². The normalized spacial score (nSPS) is 15.8. The molecule has 1 fully saturated rings. The Morgan fingerprint density at radius 3 is 2.50 bits per heavy atom. The third kappa shape index (κ3) is 3.63. The standard InChI is InChI=1S/C16H21N5O/c1-13-4-8-21(9-5-13)16-17-10-14(11-18-16)19-15(22)12-20-6-2-3-7-20/h2-3,6-7,10-11,13H,4-5,8-9,12H2,1H3,(H,19,22). The summed E-state index contributed by atoms with van der Waals surface area (Å²) in [7, 11) is 0. The predicted octanol–water partition coefficient (Wildman–Crippen LogP) is 2.15. The summed E-state index contributed by atoms with van der Waals surface area (Å²) in [4.78, 5) is 22.8. The number of piperidine rings is 1. The molecular formula is C16H21N5O. The van der Waals surface area contributed by atoms with Crippen LogP contribution in [-0.4, -0.2) is 33.5 Å². The molecule has 0 radical (unpaired) electrons. The lowest BCUT2D eigenvalue weighted by Gasteiger charge is -2.30. The minimum atomic E-state index is -0.0839. The van der Waals surface area contributed by atoms with Crippen molar-refractivity contribution in [2.45, 2.75) is 26.3 Å². The monoisotopic (exact) mass is 299 g/mol. The Kier molecular flexibility index (Phi) is 4.37. The topological polar surface area (TPSA) is 63.1 Å². The average molecular weight is 299 g/mol. The molecule has 0 unspecified atom stereocenters. The van der Waals surface area contributed by atoms with E-state index in [0.29, 0.717) is 12.2 Å². The van der Waals surface area contributed by atoms with Crippen molar-refractivity contribution in [2.24, 2.45) is 5.92 Å². The Labute approximate surface area is 130 Å². The number of anilines is 2. The van der Waals surface area contributed by atoms with E-state index in [4.69, 9.17) is 0 Å². The highest BCUT2D eigenvalue weighted by molar-refractivity contribution is 5.90. The average Bonchev–Trinajstić information content (AvgIpc) is 3.02. The molecule has 6 nitrogen and oxygen atoms in total. The van der Waals surface area contributed by atoms with Crippen LogP contribution >= 0.6 is 0 Å². The van der Waals surface area contributed by atoms with Gasteiger partial charge in [0.05, 0.1) is 18.1 Å². The van der Waals surface area contributed by atoms with E-state index in [0.717, 1.165) is 25.0 Å². The first-order valence-corrected chi connectivity index (χ1v) is 7.68. The lowest BCUT2D eigenvalue weighted by Crippen LogP contribution is -2.34. The number of carbonyl (C=O) groups excluding carboxylic acids is 1. The molecule has 0 saturated carbocycles. The van der Waals surface area contributed by atoms with Crippen molar-refractivity contribution < 1.29 is 4.79 Å². The Morgan fingerprint density at radius 1 is 1.23 bits per heavy atom. The summed E-state index contributed by atoms with van der Waals surface area (Å²) in [5.41, 5.74) is 0.631. The van der Waals surface area contributed by atoms with Crippen molar-refractivity contribution in [3.8, 4) is 0 Å². The van der Waals surface area contributed by atoms with Crippen LogP contribution in [0, 0.1) is 5.92 Å². The van der Waals surface area contributed by atoms with Gasteiger partial charge in [-0.3, -0.25) is 4.79 Å². The van der Waals surface area contributed by atoms with Crippen LogP contribution in [-0.2, 0) is 11.3 Å². The van der Waals surface area contributed by atoms with E-state index < -0.39 is 0 Å². The zero-order chi connectivity index (χ0) is 15.4. The third-order valence-corrected chi connectivity index (χ3v) is 3.98. The van der Waals surface area contributed by atoms with Crippen molar-refractivity contribution in [1.82, 2.24) is 14.5 Å². The van der Waals surface area contributed by atoms with Crippen molar-refractivity contribution in [1.29, 1.82) is 0 Å². The second-order valence-electron chi connectivity index (χ2n) is 5.84. The van der Waals surface area contributed by atoms with E-state index >= 15 is 0 Å². The highest BCUT2D eigenvalue weighted by atomic mass is 16.1. The van der Waals surface area contributed by atoms with Gasteiger partial charge in [-0.15, -0.1) is 0 Å². The number of rotatable bonds is 4. The Hall–Kier alpha value is -2.37. The summed E-state index contributed by atoms with van der Waals surface area (Å²) in [5.74, 6) is 1.44. The zero-order valence-electron chi connectivity index (χ0n) is 12.8. The van der Waals surface area contributed by atoms with Crippen LogP contribution in [0.1, 0.15) is 19.8 Å². The van der Waals surface area contributed by atoms with Gasteiger partial charge in [0.15, 0.2) is 0 Å². The molecule has 0 spiro atoms. The molecule has 0 aromatic carbocycles. The highest BCUT2D eigenvalue weighted by Crippen LogP contribution is 2.20. The first kappa shape index (κ1) is 14.6. The third-order valence-electron chi connectivity index (χ3n) is 3.98. The highest BCUT2D eigenvalue weighted by Gasteiger charge is 2.17. The largest absolute Gasteiger partial charge is 0.345 e. The minimum Gasteiger partial charge on any atom is -0.345 e. The molecule has 1 saturated heterocycles. The molecule has 1 aliphatic rings. The van der Waals surface area contributed by atoms with Crippen LogP contribution in [0.3, 0.4) is 0 Å². The van der Waals surface area contributed by atoms with Gasteiger partial charge >= 0.3 is 0 Å². The van der Waals surface area contributed by atoms with Gasteiger partial charge in [-0.05, 0) is 30.9 Å². The molecule has 6 heteroatoms. The van der Waals surface area contributed by atoms with Gasteiger partial charge in [0.2, 0.25) is 11.9 Å². The van der Waals surface area contributed by atoms with Crippen molar-refractivity contribution in [3.63, 3.8) is 0 Å². The zero-order valence-corrected chi connectivity index (χ0v) is 12.8. The summed E-state index contributed by atoms with van der Waals surface area (Å²) in [6.45, 7) is 4.57. The van der Waals surface area contributed by atoms with Crippen LogP contribution < -0.4 is 10.2 Å². The summed E-state index contributed by atoms with van der Waals surface area (Å²) in [6.07, 6.45) is 9.42. The Balaban J connectivity index is 1.56. The SMILES string of the molecule is CC1CCN(c2ncc(NC(=O)Cn3cccc3)cn2)CC1. The van der Waals surface area contributed by atoms with Gasteiger partial charge in [-0.25, -0.2) is 9.97 Å². The van der Waals surface area contributed by atoms with Gasteiger partial charge in [-0.1, -0.05) is 6.92 Å². The van der Waals surface area contributed by atoms with Crippen LogP contribution in [0.4, 0.5) is 11.6 Å². The molecule has 22 heavy (non-hydrogen) atoms. The number of nitrogens with zero attached hydrogens (tertiary/aromatic N) is 4. The maximum Gasteiger partial charge on any atom is 0.244 e. The molecule has 1 aliphatic heterocycles. The maximum absolute atomic E-state index is 11.9. The lowest BCUT2D eigenvalue weighted by molar-refractivity contribution is -0.116. The number of hydrogen-bond acceptors (Lipinski definition) is 4. The number of amides is 1. The fourth-order valence-corrected chi connectivity index (χ4v) is 2.60. The molecule has 3 heterocycles. The van der Waals surface area contributed by atoms with E-state index in [1.165, 1.54) is 12.8 Å². The van der Waals surface area contributed by atoms with E-state index in [1.54, 1.807) is 12.4 Å². The first-order valence-electron chi connectivity index (χ1n) is 7.68. The van der Waals surface area contributed by atoms with Crippen LogP contribution in [0.25, 0.3) is 0 Å². The van der Waals surface area contributed by atoms with Gasteiger partial charge in [0, 0.05) is 25.5 Å². The van der Waals surface area contributed by atoms with Crippen molar-refractivity contribution in [3.05, 3.63) is 36.9 Å². The maximum atomic E-state index is 11.9. The van der Waals surface area contributed by atoms with Gasteiger partial charge < -0.3 is 14.8 Å². The van der Waals surface area contributed by atoms with E-state index in [2.05, 4.69) is 27.1 Å². The summed E-state index contributed by atoms with van der Waals surface area (Å²) < 4.78 is 1.82. The number of aromatic nitrogens is 3. The van der Waals surface area contributed by atoms with Gasteiger partial charge in [-0.2, -0.15) is 0 Å². The van der Waals surface area contributed by atoms with Crippen molar-refractivity contribution >= 4 is 17.5 Å².